The maximum atomic E-state index is 13.4. The fourth-order valence-electron chi connectivity index (χ4n) is 5.81. The number of nitrogens with two attached hydrogens (primary N) is 2. The molecule has 5 rings (SSSR count). The van der Waals surface area contributed by atoms with Crippen molar-refractivity contribution in [3.8, 4) is 0 Å². The fraction of sp³-hybridized carbons (Fsp3) is 0.565. The molecule has 0 aromatic carbocycles. The van der Waals surface area contributed by atoms with Crippen LogP contribution in [0, 0.1) is 18.3 Å². The Bertz CT molecular complexity index is 1230. The monoisotopic (exact) mass is 475 g/mol. The van der Waals surface area contributed by atoms with Crippen molar-refractivity contribution in [2.45, 2.75) is 51.4 Å². The molecule has 11 heteroatoms. The number of aryl methyl sites for hydroxylation is 1. The number of alkyl halides is 3. The van der Waals surface area contributed by atoms with Gasteiger partial charge in [0, 0.05) is 37.4 Å². The van der Waals surface area contributed by atoms with Gasteiger partial charge in [-0.3, -0.25) is 14.4 Å². The number of pyridine rings is 1. The molecular formula is C23H28F3N7O. The molecule has 2 aromatic rings. The molecule has 3 aliphatic rings. The van der Waals surface area contributed by atoms with Gasteiger partial charge in [-0.05, 0) is 50.2 Å². The van der Waals surface area contributed by atoms with E-state index in [9.17, 15) is 18.0 Å². The van der Waals surface area contributed by atoms with Gasteiger partial charge >= 0.3 is 6.18 Å². The Morgan fingerprint density at radius 2 is 1.88 bits per heavy atom. The van der Waals surface area contributed by atoms with Gasteiger partial charge in [0.15, 0.2) is 0 Å². The zero-order chi connectivity index (χ0) is 24.4. The Labute approximate surface area is 194 Å². The number of nitrogen functional groups attached to an aromatic ring is 1. The molecule has 0 unspecified atom stereocenters. The molecule has 0 bridgehead atoms. The third-order valence-electron chi connectivity index (χ3n) is 7.81. The van der Waals surface area contributed by atoms with E-state index in [2.05, 4.69) is 9.98 Å². The van der Waals surface area contributed by atoms with E-state index in [-0.39, 0.29) is 24.9 Å². The normalized spacial score (nSPS) is 23.9. The average Bonchev–Trinajstić information content (AvgIpc) is 3.33. The SMILES string of the molecule is Cc1nc(N)ccc1C1=NCc2nc(N3CCC4(CC3)C[C@@H](C(F)(F)F)C[C@H]4N)n(C)c(=O)c21. The minimum atomic E-state index is -4.21. The minimum absolute atomic E-state index is 0.0153. The summed E-state index contributed by atoms with van der Waals surface area (Å²) in [5, 5.41) is 0. The molecule has 1 saturated carbocycles. The third-order valence-corrected chi connectivity index (χ3v) is 7.81. The fourth-order valence-corrected chi connectivity index (χ4v) is 5.81. The summed E-state index contributed by atoms with van der Waals surface area (Å²) < 4.78 is 41.4. The molecule has 2 fully saturated rings. The number of fused-ring (bicyclic) bond motifs is 1. The number of aromatic nitrogens is 3. The molecule has 8 nitrogen and oxygen atoms in total. The summed E-state index contributed by atoms with van der Waals surface area (Å²) in [6, 6.07) is 3.02. The Morgan fingerprint density at radius 3 is 2.50 bits per heavy atom. The largest absolute Gasteiger partial charge is 0.391 e. The van der Waals surface area contributed by atoms with Crippen LogP contribution in [0.5, 0.6) is 0 Å². The first-order chi connectivity index (χ1) is 16.0. The molecule has 0 radical (unpaired) electrons. The average molecular weight is 476 g/mol. The van der Waals surface area contributed by atoms with Crippen LogP contribution in [0.1, 0.15) is 48.2 Å². The maximum absolute atomic E-state index is 13.4. The predicted octanol–water partition coefficient (Wildman–Crippen LogP) is 2.30. The van der Waals surface area contributed by atoms with Crippen molar-refractivity contribution >= 4 is 17.5 Å². The number of hydrogen-bond donors (Lipinski definition) is 2. The van der Waals surface area contributed by atoms with Crippen LogP contribution >= 0.6 is 0 Å². The van der Waals surface area contributed by atoms with Crippen LogP contribution < -0.4 is 21.9 Å². The summed E-state index contributed by atoms with van der Waals surface area (Å²) in [6.45, 7) is 3.12. The predicted molar refractivity (Wildman–Crippen MR) is 123 cm³/mol. The topological polar surface area (TPSA) is 115 Å². The highest BCUT2D eigenvalue weighted by Crippen LogP contribution is 2.52. The second-order valence-corrected chi connectivity index (χ2v) is 9.77. The van der Waals surface area contributed by atoms with Crippen LogP contribution in [0.2, 0.25) is 0 Å². The molecule has 4 heterocycles. The van der Waals surface area contributed by atoms with Crippen molar-refractivity contribution in [2.75, 3.05) is 23.7 Å². The van der Waals surface area contributed by atoms with Crippen LogP contribution in [-0.2, 0) is 13.6 Å². The van der Waals surface area contributed by atoms with Crippen molar-refractivity contribution in [3.63, 3.8) is 0 Å². The van der Waals surface area contributed by atoms with E-state index < -0.39 is 23.6 Å². The lowest BCUT2D eigenvalue weighted by atomic mass is 9.74. The Kier molecular flexibility index (Phi) is 5.23. The molecule has 4 N–H and O–H groups in total. The first-order valence-corrected chi connectivity index (χ1v) is 11.5. The lowest BCUT2D eigenvalue weighted by Crippen LogP contribution is -2.48. The van der Waals surface area contributed by atoms with Gasteiger partial charge in [0.25, 0.3) is 5.56 Å². The van der Waals surface area contributed by atoms with Crippen LogP contribution in [0.15, 0.2) is 21.9 Å². The number of aliphatic imine (C=N–C) groups is 1. The number of halogens is 3. The van der Waals surface area contributed by atoms with E-state index in [1.54, 1.807) is 13.1 Å². The van der Waals surface area contributed by atoms with Crippen molar-refractivity contribution in [3.05, 3.63) is 45.0 Å². The maximum Gasteiger partial charge on any atom is 0.391 e. The molecular weight excluding hydrogens is 447 g/mol. The number of piperidine rings is 1. The number of hydrogen-bond acceptors (Lipinski definition) is 7. The highest BCUT2D eigenvalue weighted by molar-refractivity contribution is 6.15. The highest BCUT2D eigenvalue weighted by atomic mass is 19.4. The highest BCUT2D eigenvalue weighted by Gasteiger charge is 2.55. The zero-order valence-corrected chi connectivity index (χ0v) is 19.2. The first-order valence-electron chi connectivity index (χ1n) is 11.5. The summed E-state index contributed by atoms with van der Waals surface area (Å²) >= 11 is 0. The molecule has 1 spiro atoms. The van der Waals surface area contributed by atoms with E-state index in [0.717, 1.165) is 5.56 Å². The van der Waals surface area contributed by atoms with Crippen molar-refractivity contribution in [1.82, 2.24) is 14.5 Å². The third kappa shape index (κ3) is 3.57. The van der Waals surface area contributed by atoms with Gasteiger partial charge in [0.05, 0.1) is 29.4 Å². The molecule has 0 amide bonds. The number of nitrogens with zero attached hydrogens (tertiary/aromatic N) is 5. The molecule has 34 heavy (non-hydrogen) atoms. The van der Waals surface area contributed by atoms with Gasteiger partial charge in [0.2, 0.25) is 5.95 Å². The molecule has 1 saturated heterocycles. The van der Waals surface area contributed by atoms with Gasteiger partial charge < -0.3 is 16.4 Å². The zero-order valence-electron chi connectivity index (χ0n) is 19.2. The summed E-state index contributed by atoms with van der Waals surface area (Å²) in [5.41, 5.74) is 14.3. The summed E-state index contributed by atoms with van der Waals surface area (Å²) in [5.74, 6) is -0.424. The molecule has 2 aromatic heterocycles. The van der Waals surface area contributed by atoms with Gasteiger partial charge in [-0.2, -0.15) is 13.2 Å². The quantitative estimate of drug-likeness (QED) is 0.689. The van der Waals surface area contributed by atoms with Crippen LogP contribution in [-0.4, -0.2) is 45.6 Å². The number of anilines is 2. The van der Waals surface area contributed by atoms with E-state index in [1.165, 1.54) is 4.57 Å². The molecule has 1 aliphatic carbocycles. The first kappa shape index (κ1) is 22.8. The second kappa shape index (κ2) is 7.79. The minimum Gasteiger partial charge on any atom is -0.384 e. The Hall–Kier alpha value is -2.95. The molecule has 182 valence electrons. The van der Waals surface area contributed by atoms with Crippen molar-refractivity contribution in [1.29, 1.82) is 0 Å². The Balaban J connectivity index is 1.40. The Morgan fingerprint density at radius 1 is 1.18 bits per heavy atom. The second-order valence-electron chi connectivity index (χ2n) is 9.77. The van der Waals surface area contributed by atoms with Crippen molar-refractivity contribution in [2.24, 2.45) is 29.1 Å². The van der Waals surface area contributed by atoms with Gasteiger partial charge in [-0.25, -0.2) is 9.97 Å². The standard InChI is InChI=1S/C23H28F3N7O/c1-12-14(3-4-17(28)30-12)19-18-15(11-29-19)31-21(32(2)20(18)34)33-7-5-22(6-8-33)10-13(9-16(22)27)23(24,25)26/h3-4,13,16H,5-11,27H2,1-2H3,(H2,28,30)/t13-,16+/m0/s1. The van der Waals surface area contributed by atoms with Crippen LogP contribution in [0.25, 0.3) is 0 Å². The lowest BCUT2D eigenvalue weighted by molar-refractivity contribution is -0.174. The van der Waals surface area contributed by atoms with Gasteiger partial charge in [-0.1, -0.05) is 0 Å². The number of rotatable bonds is 2. The van der Waals surface area contributed by atoms with Gasteiger partial charge in [-0.15, -0.1) is 0 Å². The van der Waals surface area contributed by atoms with Gasteiger partial charge in [0.1, 0.15) is 5.82 Å². The smallest absolute Gasteiger partial charge is 0.384 e. The lowest BCUT2D eigenvalue weighted by Gasteiger charge is -2.42. The summed E-state index contributed by atoms with van der Waals surface area (Å²) in [7, 11) is 1.67. The molecule has 2 aliphatic heterocycles. The van der Waals surface area contributed by atoms with E-state index >= 15 is 0 Å². The summed E-state index contributed by atoms with van der Waals surface area (Å²) in [6.07, 6.45) is -3.05. The van der Waals surface area contributed by atoms with E-state index in [4.69, 9.17) is 16.5 Å². The van der Waals surface area contributed by atoms with E-state index in [1.807, 2.05) is 17.9 Å². The summed E-state index contributed by atoms with van der Waals surface area (Å²) in [4.78, 5) is 29.0. The van der Waals surface area contributed by atoms with Crippen molar-refractivity contribution < 1.29 is 13.2 Å². The van der Waals surface area contributed by atoms with E-state index in [0.29, 0.717) is 60.4 Å². The van der Waals surface area contributed by atoms with Crippen LogP contribution in [0.3, 0.4) is 0 Å². The molecule has 2 atom stereocenters. The van der Waals surface area contributed by atoms with Crippen LogP contribution in [0.4, 0.5) is 24.9 Å².